The highest BCUT2D eigenvalue weighted by molar-refractivity contribution is 6.01. The fourth-order valence-corrected chi connectivity index (χ4v) is 2.87. The standard InChI is InChI=1S/C20H24O6/c1-13(21)19-16(7-8-26-10-9-24-2)20(18(23)12-17(19)22)14-5-4-6-15(11-14)25-3/h4-6,11-12,22-23H,7-10H2,1-3H3. The van der Waals surface area contributed by atoms with Crippen molar-refractivity contribution in [3.8, 4) is 28.4 Å². The first-order chi connectivity index (χ1) is 12.5. The third-order valence-corrected chi connectivity index (χ3v) is 4.03. The first-order valence-corrected chi connectivity index (χ1v) is 8.29. The smallest absolute Gasteiger partial charge is 0.163 e. The molecule has 0 saturated heterocycles. The third-order valence-electron chi connectivity index (χ3n) is 4.03. The summed E-state index contributed by atoms with van der Waals surface area (Å²) in [5.74, 6) is 0.00126. The minimum absolute atomic E-state index is 0.104. The van der Waals surface area contributed by atoms with Gasteiger partial charge < -0.3 is 24.4 Å². The molecular weight excluding hydrogens is 336 g/mol. The Kier molecular flexibility index (Phi) is 7.00. The quantitative estimate of drug-likeness (QED) is 0.528. The zero-order chi connectivity index (χ0) is 19.1. The van der Waals surface area contributed by atoms with Crippen molar-refractivity contribution in [2.24, 2.45) is 0 Å². The molecule has 0 bridgehead atoms. The lowest BCUT2D eigenvalue weighted by molar-refractivity contribution is 0.0721. The molecule has 26 heavy (non-hydrogen) atoms. The minimum Gasteiger partial charge on any atom is -0.507 e. The predicted molar refractivity (Wildman–Crippen MR) is 98.2 cm³/mol. The van der Waals surface area contributed by atoms with E-state index in [0.29, 0.717) is 48.7 Å². The van der Waals surface area contributed by atoms with Crippen LogP contribution in [0.1, 0.15) is 22.8 Å². The van der Waals surface area contributed by atoms with Crippen LogP contribution in [-0.2, 0) is 15.9 Å². The lowest BCUT2D eigenvalue weighted by Gasteiger charge is -2.17. The Hall–Kier alpha value is -2.57. The van der Waals surface area contributed by atoms with Crippen molar-refractivity contribution in [3.63, 3.8) is 0 Å². The molecule has 0 aromatic heterocycles. The van der Waals surface area contributed by atoms with E-state index in [-0.39, 0.29) is 22.8 Å². The minimum atomic E-state index is -0.279. The summed E-state index contributed by atoms with van der Waals surface area (Å²) in [7, 11) is 3.15. The summed E-state index contributed by atoms with van der Waals surface area (Å²) < 4.78 is 15.7. The van der Waals surface area contributed by atoms with Crippen LogP contribution in [0.15, 0.2) is 30.3 Å². The first-order valence-electron chi connectivity index (χ1n) is 8.29. The van der Waals surface area contributed by atoms with Gasteiger partial charge in [0.05, 0.1) is 32.5 Å². The van der Waals surface area contributed by atoms with Crippen molar-refractivity contribution >= 4 is 5.78 Å². The Morgan fingerprint density at radius 3 is 2.46 bits per heavy atom. The van der Waals surface area contributed by atoms with E-state index in [1.807, 2.05) is 6.07 Å². The van der Waals surface area contributed by atoms with Crippen molar-refractivity contribution in [3.05, 3.63) is 41.5 Å². The van der Waals surface area contributed by atoms with Gasteiger partial charge >= 0.3 is 0 Å². The number of phenolic OH excluding ortho intramolecular Hbond substituents is 2. The molecule has 0 unspecified atom stereocenters. The lowest BCUT2D eigenvalue weighted by atomic mass is 9.90. The molecule has 0 heterocycles. The van der Waals surface area contributed by atoms with Gasteiger partial charge in [-0.15, -0.1) is 0 Å². The largest absolute Gasteiger partial charge is 0.507 e. The maximum Gasteiger partial charge on any atom is 0.163 e. The number of carbonyl (C=O) groups excluding carboxylic acids is 1. The van der Waals surface area contributed by atoms with Crippen LogP contribution in [0, 0.1) is 0 Å². The van der Waals surface area contributed by atoms with Crippen molar-refractivity contribution in [2.75, 3.05) is 34.0 Å². The number of phenols is 2. The highest BCUT2D eigenvalue weighted by Crippen LogP contribution is 2.40. The average molecular weight is 360 g/mol. The Balaban J connectivity index is 2.50. The number of aromatic hydroxyl groups is 2. The number of hydrogen-bond donors (Lipinski definition) is 2. The van der Waals surface area contributed by atoms with E-state index >= 15 is 0 Å². The van der Waals surface area contributed by atoms with Crippen LogP contribution in [0.4, 0.5) is 0 Å². The number of ketones is 1. The number of rotatable bonds is 9. The van der Waals surface area contributed by atoms with Gasteiger partial charge in [-0.05, 0) is 36.6 Å². The highest BCUT2D eigenvalue weighted by Gasteiger charge is 2.22. The molecule has 6 heteroatoms. The average Bonchev–Trinajstić information content (AvgIpc) is 2.61. The molecule has 2 aromatic carbocycles. The molecule has 6 nitrogen and oxygen atoms in total. The van der Waals surface area contributed by atoms with Crippen LogP contribution in [0.5, 0.6) is 17.2 Å². The zero-order valence-electron chi connectivity index (χ0n) is 15.2. The summed E-state index contributed by atoms with van der Waals surface area (Å²) in [5, 5.41) is 20.7. The van der Waals surface area contributed by atoms with Crippen molar-refractivity contribution in [2.45, 2.75) is 13.3 Å². The van der Waals surface area contributed by atoms with Gasteiger partial charge in [-0.25, -0.2) is 0 Å². The number of ether oxygens (including phenoxy) is 3. The molecule has 0 aliphatic carbocycles. The van der Waals surface area contributed by atoms with Gasteiger partial charge in [0.25, 0.3) is 0 Å². The fourth-order valence-electron chi connectivity index (χ4n) is 2.87. The van der Waals surface area contributed by atoms with E-state index in [1.165, 1.54) is 13.0 Å². The van der Waals surface area contributed by atoms with Gasteiger partial charge in [-0.1, -0.05) is 12.1 Å². The summed E-state index contributed by atoms with van der Waals surface area (Å²) in [6, 6.07) is 8.37. The number of Topliss-reactive ketones (excluding diaryl/α,β-unsaturated/α-hetero) is 1. The van der Waals surface area contributed by atoms with Gasteiger partial charge in [0.15, 0.2) is 5.78 Å². The van der Waals surface area contributed by atoms with Gasteiger partial charge in [-0.2, -0.15) is 0 Å². The van der Waals surface area contributed by atoms with Crippen LogP contribution >= 0.6 is 0 Å². The molecule has 2 rings (SSSR count). The van der Waals surface area contributed by atoms with Crippen LogP contribution in [-0.4, -0.2) is 50.0 Å². The van der Waals surface area contributed by atoms with Gasteiger partial charge in [-0.3, -0.25) is 4.79 Å². The SMILES string of the molecule is COCCOCCc1c(C(C)=O)c(O)cc(O)c1-c1cccc(OC)c1. The number of carbonyl (C=O) groups is 1. The summed E-state index contributed by atoms with van der Waals surface area (Å²) in [4.78, 5) is 12.1. The van der Waals surface area contributed by atoms with E-state index in [9.17, 15) is 15.0 Å². The van der Waals surface area contributed by atoms with Gasteiger partial charge in [0, 0.05) is 18.7 Å². The molecule has 140 valence electrons. The molecular formula is C20H24O6. The number of methoxy groups -OCH3 is 2. The summed E-state index contributed by atoms with van der Waals surface area (Å²) in [5.41, 5.74) is 1.91. The Labute approximate surface area is 152 Å². The highest BCUT2D eigenvalue weighted by atomic mass is 16.5. The van der Waals surface area contributed by atoms with Crippen LogP contribution in [0.3, 0.4) is 0 Å². The maximum atomic E-state index is 12.1. The second-order valence-corrected chi connectivity index (χ2v) is 5.79. The molecule has 0 spiro atoms. The molecule has 0 aliphatic rings. The number of hydrogen-bond acceptors (Lipinski definition) is 6. The zero-order valence-corrected chi connectivity index (χ0v) is 15.2. The molecule has 0 radical (unpaired) electrons. The number of benzene rings is 2. The summed E-state index contributed by atoms with van der Waals surface area (Å²) >= 11 is 0. The molecule has 2 aromatic rings. The maximum absolute atomic E-state index is 12.1. The Morgan fingerprint density at radius 1 is 1.04 bits per heavy atom. The first kappa shape index (κ1) is 19.8. The second-order valence-electron chi connectivity index (χ2n) is 5.79. The van der Waals surface area contributed by atoms with E-state index in [4.69, 9.17) is 14.2 Å². The van der Waals surface area contributed by atoms with Crippen LogP contribution in [0.2, 0.25) is 0 Å². The molecule has 0 saturated carbocycles. The normalized spacial score (nSPS) is 10.7. The fraction of sp³-hybridized carbons (Fsp3) is 0.350. The molecule has 2 N–H and O–H groups in total. The third kappa shape index (κ3) is 4.53. The second kappa shape index (κ2) is 9.22. The van der Waals surface area contributed by atoms with Crippen LogP contribution < -0.4 is 4.74 Å². The van der Waals surface area contributed by atoms with E-state index in [2.05, 4.69) is 0 Å². The van der Waals surface area contributed by atoms with E-state index in [1.54, 1.807) is 32.4 Å². The molecule has 0 atom stereocenters. The lowest BCUT2D eigenvalue weighted by Crippen LogP contribution is -2.09. The topological polar surface area (TPSA) is 85.2 Å². The summed E-state index contributed by atoms with van der Waals surface area (Å²) in [6.45, 7) is 2.60. The van der Waals surface area contributed by atoms with Crippen molar-refractivity contribution in [1.29, 1.82) is 0 Å². The molecule has 0 fully saturated rings. The van der Waals surface area contributed by atoms with Gasteiger partial charge in [0.2, 0.25) is 0 Å². The van der Waals surface area contributed by atoms with E-state index in [0.717, 1.165) is 0 Å². The predicted octanol–water partition coefficient (Wildman–Crippen LogP) is 3.18. The molecule has 0 aliphatic heterocycles. The monoisotopic (exact) mass is 360 g/mol. The summed E-state index contributed by atoms with van der Waals surface area (Å²) in [6.07, 6.45) is 0.354. The van der Waals surface area contributed by atoms with Crippen LogP contribution in [0.25, 0.3) is 11.1 Å². The molecule has 0 amide bonds. The van der Waals surface area contributed by atoms with Gasteiger partial charge in [0.1, 0.15) is 17.2 Å². The van der Waals surface area contributed by atoms with E-state index < -0.39 is 0 Å². The van der Waals surface area contributed by atoms with Crippen molar-refractivity contribution in [1.82, 2.24) is 0 Å². The Bertz CT molecular complexity index is 769. The van der Waals surface area contributed by atoms with Crippen molar-refractivity contribution < 1.29 is 29.2 Å². The Morgan fingerprint density at radius 2 is 1.81 bits per heavy atom.